The number of halogens is 1. The van der Waals surface area contributed by atoms with Crippen LogP contribution in [0.15, 0.2) is 36.7 Å². The molecule has 1 aromatic carbocycles. The molecule has 1 N–H and O–H groups in total. The molecule has 2 rings (SSSR count). The maximum Gasteiger partial charge on any atom is 0.131 e. The Morgan fingerprint density at radius 3 is 2.46 bits per heavy atom. The van der Waals surface area contributed by atoms with E-state index in [1.165, 1.54) is 6.07 Å². The summed E-state index contributed by atoms with van der Waals surface area (Å²) in [6, 6.07) is 6.79. The summed E-state index contributed by atoms with van der Waals surface area (Å²) in [6.45, 7) is 1.96. The Labute approximate surface area is 76.2 Å². The van der Waals surface area contributed by atoms with Crippen molar-refractivity contribution in [2.75, 3.05) is 0 Å². The molecule has 66 valence electrons. The molecule has 0 saturated carbocycles. The lowest BCUT2D eigenvalue weighted by Gasteiger charge is -2.00. The van der Waals surface area contributed by atoms with Crippen molar-refractivity contribution in [2.45, 2.75) is 6.92 Å². The van der Waals surface area contributed by atoms with Crippen LogP contribution >= 0.6 is 0 Å². The first kappa shape index (κ1) is 8.05. The Hall–Kier alpha value is -1.57. The first-order valence-electron chi connectivity index (χ1n) is 4.17. The van der Waals surface area contributed by atoms with Crippen molar-refractivity contribution in [3.05, 3.63) is 48.0 Å². The molecule has 0 aliphatic carbocycles. The van der Waals surface area contributed by atoms with Crippen LogP contribution in [-0.2, 0) is 0 Å². The van der Waals surface area contributed by atoms with E-state index in [-0.39, 0.29) is 5.82 Å². The first-order valence-corrected chi connectivity index (χ1v) is 4.17. The van der Waals surface area contributed by atoms with Crippen molar-refractivity contribution in [3.8, 4) is 11.1 Å². The number of hydrogen-bond donors (Lipinski definition) is 1. The van der Waals surface area contributed by atoms with Gasteiger partial charge in [0.25, 0.3) is 0 Å². The van der Waals surface area contributed by atoms with Crippen LogP contribution in [-0.4, -0.2) is 4.98 Å². The Kier molecular flexibility index (Phi) is 1.89. The third kappa shape index (κ3) is 1.35. The zero-order valence-electron chi connectivity index (χ0n) is 7.34. The second-order valence-corrected chi connectivity index (χ2v) is 3.03. The molecule has 2 aromatic rings. The van der Waals surface area contributed by atoms with Gasteiger partial charge in [-0.15, -0.1) is 0 Å². The van der Waals surface area contributed by atoms with E-state index in [9.17, 15) is 4.39 Å². The van der Waals surface area contributed by atoms with Gasteiger partial charge in [0.2, 0.25) is 0 Å². The highest BCUT2D eigenvalue weighted by atomic mass is 19.1. The van der Waals surface area contributed by atoms with E-state index in [0.29, 0.717) is 5.56 Å². The second-order valence-electron chi connectivity index (χ2n) is 3.03. The van der Waals surface area contributed by atoms with Crippen molar-refractivity contribution in [3.63, 3.8) is 0 Å². The number of hydrogen-bond acceptors (Lipinski definition) is 0. The molecule has 1 heterocycles. The fourth-order valence-electron chi connectivity index (χ4n) is 1.41. The molecule has 0 radical (unpaired) electrons. The summed E-state index contributed by atoms with van der Waals surface area (Å²) in [7, 11) is 0. The standard InChI is InChI=1S/C11H10FN/c1-8-6-13-7-10(8)9-4-2-3-5-11(9)12/h2-7,13H,1H3. The van der Waals surface area contributed by atoms with Crippen LogP contribution in [0.25, 0.3) is 11.1 Å². The van der Waals surface area contributed by atoms with Crippen molar-refractivity contribution in [1.82, 2.24) is 4.98 Å². The van der Waals surface area contributed by atoms with Crippen LogP contribution in [0, 0.1) is 12.7 Å². The van der Waals surface area contributed by atoms with Crippen molar-refractivity contribution >= 4 is 0 Å². The van der Waals surface area contributed by atoms with Gasteiger partial charge in [-0.3, -0.25) is 0 Å². The lowest BCUT2D eigenvalue weighted by atomic mass is 10.1. The summed E-state index contributed by atoms with van der Waals surface area (Å²) in [4.78, 5) is 2.96. The quantitative estimate of drug-likeness (QED) is 0.685. The molecule has 1 nitrogen and oxygen atoms in total. The molecule has 1 aromatic heterocycles. The van der Waals surface area contributed by atoms with Gasteiger partial charge >= 0.3 is 0 Å². The SMILES string of the molecule is Cc1c[nH]cc1-c1ccccc1F. The van der Waals surface area contributed by atoms with Gasteiger partial charge in [0.15, 0.2) is 0 Å². The largest absolute Gasteiger partial charge is 0.367 e. The Morgan fingerprint density at radius 2 is 1.85 bits per heavy atom. The normalized spacial score (nSPS) is 10.3. The third-order valence-electron chi connectivity index (χ3n) is 2.12. The Balaban J connectivity index is 2.59. The highest BCUT2D eigenvalue weighted by molar-refractivity contribution is 5.66. The maximum atomic E-state index is 13.3. The summed E-state index contributed by atoms with van der Waals surface area (Å²) < 4.78 is 13.3. The molecular weight excluding hydrogens is 165 g/mol. The van der Waals surface area contributed by atoms with Crippen LogP contribution in [0.2, 0.25) is 0 Å². The van der Waals surface area contributed by atoms with Crippen LogP contribution in [0.4, 0.5) is 4.39 Å². The average Bonchev–Trinajstić information content (AvgIpc) is 2.52. The monoisotopic (exact) mass is 175 g/mol. The van der Waals surface area contributed by atoms with Gasteiger partial charge in [0, 0.05) is 23.5 Å². The van der Waals surface area contributed by atoms with E-state index >= 15 is 0 Å². The lowest BCUT2D eigenvalue weighted by Crippen LogP contribution is -1.82. The van der Waals surface area contributed by atoms with E-state index in [1.54, 1.807) is 12.1 Å². The van der Waals surface area contributed by atoms with Gasteiger partial charge in [0.1, 0.15) is 5.82 Å². The van der Waals surface area contributed by atoms with Gasteiger partial charge in [-0.2, -0.15) is 0 Å². The molecule has 0 aliphatic heterocycles. The Morgan fingerprint density at radius 1 is 1.08 bits per heavy atom. The summed E-state index contributed by atoms with van der Waals surface area (Å²) in [6.07, 6.45) is 3.68. The molecule has 0 fully saturated rings. The second kappa shape index (κ2) is 3.05. The molecule has 0 bridgehead atoms. The van der Waals surface area contributed by atoms with Gasteiger partial charge in [-0.1, -0.05) is 18.2 Å². The molecule has 0 aliphatic rings. The topological polar surface area (TPSA) is 15.8 Å². The fourth-order valence-corrected chi connectivity index (χ4v) is 1.41. The number of rotatable bonds is 1. The third-order valence-corrected chi connectivity index (χ3v) is 2.12. The van der Waals surface area contributed by atoms with Crippen LogP contribution in [0.1, 0.15) is 5.56 Å². The zero-order chi connectivity index (χ0) is 9.26. The van der Waals surface area contributed by atoms with Gasteiger partial charge in [-0.25, -0.2) is 4.39 Å². The van der Waals surface area contributed by atoms with E-state index < -0.39 is 0 Å². The molecule has 0 spiro atoms. The molecular formula is C11H10FN. The highest BCUT2D eigenvalue weighted by Crippen LogP contribution is 2.24. The Bertz CT molecular complexity index is 418. The van der Waals surface area contributed by atoms with E-state index in [0.717, 1.165) is 11.1 Å². The minimum absolute atomic E-state index is 0.176. The molecule has 0 atom stereocenters. The van der Waals surface area contributed by atoms with Crippen LogP contribution in [0.5, 0.6) is 0 Å². The van der Waals surface area contributed by atoms with Gasteiger partial charge < -0.3 is 4.98 Å². The van der Waals surface area contributed by atoms with Gasteiger partial charge in [0.05, 0.1) is 0 Å². The predicted octanol–water partition coefficient (Wildman–Crippen LogP) is 3.13. The summed E-state index contributed by atoms with van der Waals surface area (Å²) in [5.74, 6) is -0.176. The predicted molar refractivity (Wildman–Crippen MR) is 50.9 cm³/mol. The van der Waals surface area contributed by atoms with E-state index in [2.05, 4.69) is 4.98 Å². The fraction of sp³-hybridized carbons (Fsp3) is 0.0909. The molecule has 13 heavy (non-hydrogen) atoms. The molecule has 0 unspecified atom stereocenters. The van der Waals surface area contributed by atoms with Crippen molar-refractivity contribution in [1.29, 1.82) is 0 Å². The van der Waals surface area contributed by atoms with Crippen molar-refractivity contribution in [2.24, 2.45) is 0 Å². The number of aromatic amines is 1. The molecule has 0 amide bonds. The molecule has 2 heteroatoms. The minimum Gasteiger partial charge on any atom is -0.367 e. The van der Waals surface area contributed by atoms with E-state index in [4.69, 9.17) is 0 Å². The number of benzene rings is 1. The summed E-state index contributed by atoms with van der Waals surface area (Å²) >= 11 is 0. The number of aromatic nitrogens is 1. The van der Waals surface area contributed by atoms with Crippen molar-refractivity contribution < 1.29 is 4.39 Å². The highest BCUT2D eigenvalue weighted by Gasteiger charge is 2.06. The van der Waals surface area contributed by atoms with Crippen LogP contribution < -0.4 is 0 Å². The number of nitrogens with one attached hydrogen (secondary N) is 1. The minimum atomic E-state index is -0.176. The summed E-state index contributed by atoms with van der Waals surface area (Å²) in [5, 5.41) is 0. The number of H-pyrrole nitrogens is 1. The van der Waals surface area contributed by atoms with Crippen LogP contribution in [0.3, 0.4) is 0 Å². The average molecular weight is 175 g/mol. The van der Waals surface area contributed by atoms with E-state index in [1.807, 2.05) is 25.4 Å². The zero-order valence-corrected chi connectivity index (χ0v) is 7.34. The smallest absolute Gasteiger partial charge is 0.131 e. The maximum absolute atomic E-state index is 13.3. The lowest BCUT2D eigenvalue weighted by molar-refractivity contribution is 0.631. The number of aryl methyl sites for hydroxylation is 1. The van der Waals surface area contributed by atoms with Gasteiger partial charge in [-0.05, 0) is 18.6 Å². The summed E-state index contributed by atoms with van der Waals surface area (Å²) in [5.41, 5.74) is 2.64. The first-order chi connectivity index (χ1) is 6.29. The molecule has 0 saturated heterocycles.